The van der Waals surface area contributed by atoms with Gasteiger partial charge in [-0.3, -0.25) is 4.72 Å². The fraction of sp³-hybridized carbons (Fsp3) is 0.381. The molecule has 0 spiro atoms. The summed E-state index contributed by atoms with van der Waals surface area (Å²) in [6.45, 7) is 7.57. The minimum absolute atomic E-state index is 0.0478. The maximum atomic E-state index is 13.0. The lowest BCUT2D eigenvalue weighted by Crippen LogP contribution is -2.35. The molecule has 0 aliphatic carbocycles. The number of aryl methyl sites for hydroxylation is 2. The van der Waals surface area contributed by atoms with Gasteiger partial charge in [-0.25, -0.2) is 13.2 Å². The Hall–Kier alpha value is -2.54. The van der Waals surface area contributed by atoms with Crippen molar-refractivity contribution in [2.24, 2.45) is 5.92 Å². The number of nitrogens with one attached hydrogen (secondary N) is 1. The van der Waals surface area contributed by atoms with Gasteiger partial charge in [0.05, 0.1) is 21.8 Å². The van der Waals surface area contributed by atoms with Crippen LogP contribution in [0.1, 0.15) is 41.3 Å². The van der Waals surface area contributed by atoms with Crippen molar-refractivity contribution in [3.05, 3.63) is 53.1 Å². The number of hydrogen-bond acceptors (Lipinski definition) is 4. The summed E-state index contributed by atoms with van der Waals surface area (Å²) in [7, 11) is -3.84. The summed E-state index contributed by atoms with van der Waals surface area (Å²) < 4.78 is 28.6. The van der Waals surface area contributed by atoms with E-state index in [0.717, 1.165) is 37.1 Å². The predicted molar refractivity (Wildman–Crippen MR) is 111 cm³/mol. The fourth-order valence-corrected chi connectivity index (χ4v) is 4.67. The first-order chi connectivity index (χ1) is 13.2. The quantitative estimate of drug-likeness (QED) is 0.788. The lowest BCUT2D eigenvalue weighted by Gasteiger charge is -2.34. The maximum Gasteiger partial charge on any atom is 0.335 e. The molecule has 7 heteroatoms. The number of carbonyl (C=O) groups is 1. The normalized spacial score (nSPS) is 17.4. The summed E-state index contributed by atoms with van der Waals surface area (Å²) in [4.78, 5) is 13.7. The van der Waals surface area contributed by atoms with Crippen LogP contribution in [0.5, 0.6) is 0 Å². The highest BCUT2D eigenvalue weighted by molar-refractivity contribution is 7.92. The third kappa shape index (κ3) is 4.30. The molecule has 1 atom stereocenters. The highest BCUT2D eigenvalue weighted by Crippen LogP contribution is 2.32. The Balaban J connectivity index is 2.01. The summed E-state index contributed by atoms with van der Waals surface area (Å²) in [6, 6.07) is 9.57. The van der Waals surface area contributed by atoms with Crippen LogP contribution in [0, 0.1) is 19.8 Å². The number of carboxylic acid groups (broad SMARTS) is 1. The molecule has 3 rings (SSSR count). The maximum absolute atomic E-state index is 13.0. The minimum Gasteiger partial charge on any atom is -0.478 e. The van der Waals surface area contributed by atoms with Crippen molar-refractivity contribution in [2.45, 2.75) is 38.5 Å². The molecule has 0 saturated carbocycles. The van der Waals surface area contributed by atoms with Gasteiger partial charge in [-0.2, -0.15) is 0 Å². The molecule has 0 amide bonds. The summed E-state index contributed by atoms with van der Waals surface area (Å²) in [5.41, 5.74) is 2.95. The summed E-state index contributed by atoms with van der Waals surface area (Å²) in [5, 5.41) is 9.34. The van der Waals surface area contributed by atoms with Crippen molar-refractivity contribution < 1.29 is 18.3 Å². The monoisotopic (exact) mass is 402 g/mol. The number of anilines is 2. The molecule has 1 aliphatic heterocycles. The van der Waals surface area contributed by atoms with Crippen LogP contribution in [0.15, 0.2) is 41.3 Å². The Morgan fingerprint density at radius 2 is 1.89 bits per heavy atom. The Bertz CT molecular complexity index is 1000. The van der Waals surface area contributed by atoms with E-state index in [-0.39, 0.29) is 10.5 Å². The Kier molecular flexibility index (Phi) is 5.65. The van der Waals surface area contributed by atoms with E-state index in [9.17, 15) is 18.3 Å². The first-order valence-electron chi connectivity index (χ1n) is 9.40. The van der Waals surface area contributed by atoms with Gasteiger partial charge < -0.3 is 10.0 Å². The number of carboxylic acids is 1. The molecule has 2 aromatic carbocycles. The van der Waals surface area contributed by atoms with Crippen LogP contribution in [0.3, 0.4) is 0 Å². The standard InChI is InChI=1S/C21H26N2O4S/c1-14-5-4-10-23(13-14)20-9-7-17(21(24)25)12-19(20)22-28(26,27)18-8-6-15(2)16(3)11-18/h6-9,11-12,14,22H,4-5,10,13H2,1-3H3,(H,24,25)/t14-/m1/s1. The van der Waals surface area contributed by atoms with E-state index in [1.807, 2.05) is 13.8 Å². The van der Waals surface area contributed by atoms with Gasteiger partial charge in [0.2, 0.25) is 0 Å². The van der Waals surface area contributed by atoms with Gasteiger partial charge in [0.1, 0.15) is 0 Å². The molecule has 0 unspecified atom stereocenters. The molecule has 1 saturated heterocycles. The fourth-order valence-electron chi connectivity index (χ4n) is 3.52. The molecule has 2 aromatic rings. The lowest BCUT2D eigenvalue weighted by atomic mass is 9.99. The van der Waals surface area contributed by atoms with Crippen LogP contribution < -0.4 is 9.62 Å². The largest absolute Gasteiger partial charge is 0.478 e. The number of nitrogens with zero attached hydrogens (tertiary/aromatic N) is 1. The van der Waals surface area contributed by atoms with Crippen LogP contribution in [-0.4, -0.2) is 32.6 Å². The van der Waals surface area contributed by atoms with Gasteiger partial charge in [0.25, 0.3) is 10.0 Å². The highest BCUT2D eigenvalue weighted by Gasteiger charge is 2.23. The molecular formula is C21H26N2O4S. The SMILES string of the molecule is Cc1ccc(S(=O)(=O)Nc2cc(C(=O)O)ccc2N2CCC[C@@H](C)C2)cc1C. The van der Waals surface area contributed by atoms with E-state index >= 15 is 0 Å². The van der Waals surface area contributed by atoms with Crippen molar-refractivity contribution in [3.63, 3.8) is 0 Å². The van der Waals surface area contributed by atoms with Gasteiger partial charge in [0, 0.05) is 13.1 Å². The van der Waals surface area contributed by atoms with Crippen molar-refractivity contribution in [3.8, 4) is 0 Å². The Morgan fingerprint density at radius 1 is 1.14 bits per heavy atom. The van der Waals surface area contributed by atoms with Crippen LogP contribution in [0.4, 0.5) is 11.4 Å². The summed E-state index contributed by atoms with van der Waals surface area (Å²) >= 11 is 0. The predicted octanol–water partition coefficient (Wildman–Crippen LogP) is 4.04. The molecule has 1 heterocycles. The van der Waals surface area contributed by atoms with Crippen molar-refractivity contribution in [1.82, 2.24) is 0 Å². The van der Waals surface area contributed by atoms with Gasteiger partial charge in [0.15, 0.2) is 0 Å². The van der Waals surface area contributed by atoms with E-state index in [2.05, 4.69) is 16.5 Å². The molecule has 2 N–H and O–H groups in total. The van der Waals surface area contributed by atoms with E-state index in [4.69, 9.17) is 0 Å². The zero-order chi connectivity index (χ0) is 20.5. The number of sulfonamides is 1. The highest BCUT2D eigenvalue weighted by atomic mass is 32.2. The second-order valence-corrected chi connectivity index (χ2v) is 9.26. The molecule has 0 bridgehead atoms. The minimum atomic E-state index is -3.84. The third-order valence-corrected chi connectivity index (χ3v) is 6.64. The van der Waals surface area contributed by atoms with Gasteiger partial charge in [-0.05, 0) is 74.1 Å². The average Bonchev–Trinajstić information content (AvgIpc) is 2.63. The molecule has 1 fully saturated rings. The number of benzene rings is 2. The molecule has 1 aliphatic rings. The van der Waals surface area contributed by atoms with Gasteiger partial charge in [-0.15, -0.1) is 0 Å². The van der Waals surface area contributed by atoms with Gasteiger partial charge in [-0.1, -0.05) is 13.0 Å². The van der Waals surface area contributed by atoms with Crippen molar-refractivity contribution >= 4 is 27.4 Å². The van der Waals surface area contributed by atoms with Gasteiger partial charge >= 0.3 is 5.97 Å². The first kappa shape index (κ1) is 20.2. The van der Waals surface area contributed by atoms with E-state index in [1.165, 1.54) is 12.1 Å². The zero-order valence-electron chi connectivity index (χ0n) is 16.4. The number of rotatable bonds is 5. The summed E-state index contributed by atoms with van der Waals surface area (Å²) in [5.74, 6) is -0.595. The summed E-state index contributed by atoms with van der Waals surface area (Å²) in [6.07, 6.45) is 2.15. The van der Waals surface area contributed by atoms with E-state index in [1.54, 1.807) is 24.3 Å². The zero-order valence-corrected chi connectivity index (χ0v) is 17.2. The van der Waals surface area contributed by atoms with Crippen LogP contribution in [-0.2, 0) is 10.0 Å². The Morgan fingerprint density at radius 3 is 2.54 bits per heavy atom. The third-order valence-electron chi connectivity index (χ3n) is 5.27. The average molecular weight is 403 g/mol. The molecule has 0 radical (unpaired) electrons. The topological polar surface area (TPSA) is 86.7 Å². The second kappa shape index (κ2) is 7.83. The van der Waals surface area contributed by atoms with Crippen molar-refractivity contribution in [1.29, 1.82) is 0 Å². The first-order valence-corrected chi connectivity index (χ1v) is 10.9. The van der Waals surface area contributed by atoms with E-state index < -0.39 is 16.0 Å². The number of piperidine rings is 1. The van der Waals surface area contributed by atoms with E-state index in [0.29, 0.717) is 17.3 Å². The lowest BCUT2D eigenvalue weighted by molar-refractivity contribution is 0.0697. The van der Waals surface area contributed by atoms with Crippen LogP contribution >= 0.6 is 0 Å². The second-order valence-electron chi connectivity index (χ2n) is 7.58. The molecule has 150 valence electrons. The molecule has 28 heavy (non-hydrogen) atoms. The van der Waals surface area contributed by atoms with Crippen LogP contribution in [0.25, 0.3) is 0 Å². The number of aromatic carboxylic acids is 1. The molecule has 6 nitrogen and oxygen atoms in total. The molecular weight excluding hydrogens is 376 g/mol. The number of hydrogen-bond donors (Lipinski definition) is 2. The molecule has 0 aromatic heterocycles. The van der Waals surface area contributed by atoms with Crippen molar-refractivity contribution in [2.75, 3.05) is 22.7 Å². The van der Waals surface area contributed by atoms with Crippen LogP contribution in [0.2, 0.25) is 0 Å². The Labute approximate surface area is 166 Å². The smallest absolute Gasteiger partial charge is 0.335 e.